The number of cyclic esters (lactones) is 1. The van der Waals surface area contributed by atoms with Crippen molar-refractivity contribution in [1.82, 2.24) is 10.4 Å². The molecule has 0 radical (unpaired) electrons. The van der Waals surface area contributed by atoms with Crippen molar-refractivity contribution in [2.45, 2.75) is 25.3 Å². The molecule has 2 atom stereocenters. The van der Waals surface area contributed by atoms with E-state index in [9.17, 15) is 14.0 Å². The molecular formula is C19H19FN2O3. The number of rotatable bonds is 5. The third kappa shape index (κ3) is 3.96. The van der Waals surface area contributed by atoms with Crippen molar-refractivity contribution < 1.29 is 18.7 Å². The van der Waals surface area contributed by atoms with Gasteiger partial charge in [-0.2, -0.15) is 0 Å². The van der Waals surface area contributed by atoms with Crippen molar-refractivity contribution in [2.24, 2.45) is 0 Å². The molecule has 0 aliphatic carbocycles. The number of carbonyl (C=O) groups is 2. The molecule has 0 bridgehead atoms. The molecular weight excluding hydrogens is 323 g/mol. The van der Waals surface area contributed by atoms with Gasteiger partial charge in [0.15, 0.2) is 0 Å². The second kappa shape index (κ2) is 7.34. The molecule has 1 fully saturated rings. The Morgan fingerprint density at radius 2 is 1.92 bits per heavy atom. The van der Waals surface area contributed by atoms with Crippen molar-refractivity contribution in [2.75, 3.05) is 6.61 Å². The van der Waals surface area contributed by atoms with E-state index in [1.165, 1.54) is 17.1 Å². The summed E-state index contributed by atoms with van der Waals surface area (Å²) in [5.74, 6) is -1.22. The summed E-state index contributed by atoms with van der Waals surface area (Å²) in [5, 5.41) is 1.25. The molecule has 1 saturated heterocycles. The molecule has 1 heterocycles. The minimum atomic E-state index is -0.569. The summed E-state index contributed by atoms with van der Waals surface area (Å²) in [6.07, 6.45) is 0.0122. The first-order valence-electron chi connectivity index (χ1n) is 8.10. The molecule has 0 saturated carbocycles. The Morgan fingerprint density at radius 1 is 1.24 bits per heavy atom. The van der Waals surface area contributed by atoms with Crippen molar-refractivity contribution in [3.8, 4) is 0 Å². The minimum Gasteiger partial charge on any atom is -0.446 e. The van der Waals surface area contributed by atoms with Gasteiger partial charge in [0.2, 0.25) is 5.91 Å². The lowest BCUT2D eigenvalue weighted by atomic mass is 10.0. The molecule has 1 aliphatic heterocycles. The lowest BCUT2D eigenvalue weighted by Crippen LogP contribution is -2.49. The lowest BCUT2D eigenvalue weighted by molar-refractivity contribution is -0.126. The normalized spacial score (nSPS) is 17.9. The monoisotopic (exact) mass is 342 g/mol. The highest BCUT2D eigenvalue weighted by atomic mass is 19.1. The summed E-state index contributed by atoms with van der Waals surface area (Å²) in [7, 11) is 0. The maximum Gasteiger partial charge on any atom is 0.429 e. The van der Waals surface area contributed by atoms with Crippen LogP contribution in [0.5, 0.6) is 0 Å². The van der Waals surface area contributed by atoms with Crippen LogP contribution in [-0.4, -0.2) is 29.7 Å². The second-order valence-electron chi connectivity index (χ2n) is 6.04. The van der Waals surface area contributed by atoms with Gasteiger partial charge in [-0.1, -0.05) is 42.5 Å². The number of halogens is 1. The topological polar surface area (TPSA) is 58.6 Å². The van der Waals surface area contributed by atoms with Gasteiger partial charge in [-0.25, -0.2) is 14.2 Å². The van der Waals surface area contributed by atoms with E-state index in [1.807, 2.05) is 30.3 Å². The van der Waals surface area contributed by atoms with Gasteiger partial charge >= 0.3 is 6.09 Å². The SMILES string of the molecule is C[C@H](C(=O)NN1C(=O)OC[C@H]1Cc1ccccc1)c1ccc(F)cc1. The smallest absolute Gasteiger partial charge is 0.429 e. The Hall–Kier alpha value is -2.89. The second-order valence-corrected chi connectivity index (χ2v) is 6.04. The largest absolute Gasteiger partial charge is 0.446 e. The number of carbonyl (C=O) groups excluding carboxylic acids is 2. The van der Waals surface area contributed by atoms with Gasteiger partial charge in [0, 0.05) is 0 Å². The third-order valence-corrected chi connectivity index (χ3v) is 4.27. The van der Waals surface area contributed by atoms with Gasteiger partial charge in [0.1, 0.15) is 12.4 Å². The van der Waals surface area contributed by atoms with Gasteiger partial charge < -0.3 is 4.74 Å². The fraction of sp³-hybridized carbons (Fsp3) is 0.263. The van der Waals surface area contributed by atoms with E-state index in [2.05, 4.69) is 5.43 Å². The molecule has 5 nitrogen and oxygen atoms in total. The lowest BCUT2D eigenvalue weighted by Gasteiger charge is -2.24. The van der Waals surface area contributed by atoms with Crippen LogP contribution in [0.1, 0.15) is 24.0 Å². The van der Waals surface area contributed by atoms with Crippen LogP contribution in [0.2, 0.25) is 0 Å². The average molecular weight is 342 g/mol. The van der Waals surface area contributed by atoms with Crippen LogP contribution in [0.15, 0.2) is 54.6 Å². The van der Waals surface area contributed by atoms with Gasteiger partial charge in [-0.05, 0) is 36.6 Å². The summed E-state index contributed by atoms with van der Waals surface area (Å²) < 4.78 is 18.1. The molecule has 0 unspecified atom stereocenters. The van der Waals surface area contributed by atoms with Crippen LogP contribution >= 0.6 is 0 Å². The number of nitrogens with one attached hydrogen (secondary N) is 1. The van der Waals surface area contributed by atoms with Crippen molar-refractivity contribution in [1.29, 1.82) is 0 Å². The van der Waals surface area contributed by atoms with Crippen LogP contribution in [0.4, 0.5) is 9.18 Å². The maximum atomic E-state index is 13.0. The standard InChI is InChI=1S/C19H19FN2O3/c1-13(15-7-9-16(20)10-8-15)18(23)21-22-17(12-25-19(22)24)11-14-5-3-2-4-6-14/h2-10,13,17H,11-12H2,1H3,(H,21,23)/t13-,17+/m0/s1. The van der Waals surface area contributed by atoms with Crippen molar-refractivity contribution in [3.05, 3.63) is 71.5 Å². The quantitative estimate of drug-likeness (QED) is 0.909. The predicted octanol–water partition coefficient (Wildman–Crippen LogP) is 3.02. The van der Waals surface area contributed by atoms with E-state index in [1.54, 1.807) is 19.1 Å². The molecule has 3 rings (SSSR count). The molecule has 2 amide bonds. The third-order valence-electron chi connectivity index (χ3n) is 4.27. The highest BCUT2D eigenvalue weighted by molar-refractivity contribution is 5.85. The van der Waals surface area contributed by atoms with Gasteiger partial charge in [-0.3, -0.25) is 10.2 Å². The first-order valence-corrected chi connectivity index (χ1v) is 8.10. The average Bonchev–Trinajstić information content (AvgIpc) is 2.96. The van der Waals surface area contributed by atoms with Crippen LogP contribution in [0.3, 0.4) is 0 Å². The van der Waals surface area contributed by atoms with Crippen molar-refractivity contribution >= 4 is 12.0 Å². The number of ether oxygens (including phenoxy) is 1. The van der Waals surface area contributed by atoms with Crippen LogP contribution in [-0.2, 0) is 16.0 Å². The number of amides is 2. The molecule has 1 N–H and O–H groups in total. The highest BCUT2D eigenvalue weighted by Crippen LogP contribution is 2.19. The number of hydrazine groups is 1. The first kappa shape index (κ1) is 17.0. The summed E-state index contributed by atoms with van der Waals surface area (Å²) >= 11 is 0. The van der Waals surface area contributed by atoms with Crippen LogP contribution in [0.25, 0.3) is 0 Å². The molecule has 6 heteroatoms. The fourth-order valence-corrected chi connectivity index (χ4v) is 2.75. The minimum absolute atomic E-state index is 0.221. The summed E-state index contributed by atoms with van der Waals surface area (Å²) in [6, 6.07) is 15.2. The van der Waals surface area contributed by atoms with Gasteiger partial charge in [0.25, 0.3) is 0 Å². The number of nitrogens with zero attached hydrogens (tertiary/aromatic N) is 1. The Kier molecular flexibility index (Phi) is 4.97. The highest BCUT2D eigenvalue weighted by Gasteiger charge is 2.35. The van der Waals surface area contributed by atoms with E-state index in [0.29, 0.717) is 12.0 Å². The van der Waals surface area contributed by atoms with Crippen LogP contribution < -0.4 is 5.43 Å². The molecule has 130 valence electrons. The van der Waals surface area contributed by atoms with E-state index in [4.69, 9.17) is 4.74 Å². The molecule has 0 aromatic heterocycles. The Labute approximate surface area is 145 Å². The number of hydrogen-bond acceptors (Lipinski definition) is 3. The zero-order valence-corrected chi connectivity index (χ0v) is 13.8. The van der Waals surface area contributed by atoms with Crippen LogP contribution in [0, 0.1) is 5.82 Å². The molecule has 0 spiro atoms. The van der Waals surface area contributed by atoms with E-state index in [0.717, 1.165) is 5.56 Å². The van der Waals surface area contributed by atoms with Gasteiger partial charge in [0.05, 0.1) is 12.0 Å². The fourth-order valence-electron chi connectivity index (χ4n) is 2.75. The predicted molar refractivity (Wildman–Crippen MR) is 90.1 cm³/mol. The summed E-state index contributed by atoms with van der Waals surface area (Å²) in [4.78, 5) is 24.4. The van der Waals surface area contributed by atoms with Crippen molar-refractivity contribution in [3.63, 3.8) is 0 Å². The maximum absolute atomic E-state index is 13.0. The van der Waals surface area contributed by atoms with Gasteiger partial charge in [-0.15, -0.1) is 0 Å². The molecule has 25 heavy (non-hydrogen) atoms. The molecule has 1 aliphatic rings. The summed E-state index contributed by atoms with van der Waals surface area (Å²) in [5.41, 5.74) is 4.36. The van der Waals surface area contributed by atoms with E-state index in [-0.39, 0.29) is 24.4 Å². The first-order chi connectivity index (χ1) is 12.0. The zero-order chi connectivity index (χ0) is 17.8. The molecule has 2 aromatic rings. The van der Waals surface area contributed by atoms with E-state index < -0.39 is 12.0 Å². The Morgan fingerprint density at radius 3 is 2.60 bits per heavy atom. The Balaban J connectivity index is 1.67. The Bertz CT molecular complexity index is 749. The van der Waals surface area contributed by atoms with E-state index >= 15 is 0 Å². The molecule has 2 aromatic carbocycles. The number of benzene rings is 2. The number of hydrogen-bond donors (Lipinski definition) is 1. The zero-order valence-electron chi connectivity index (χ0n) is 13.8. The summed E-state index contributed by atoms with van der Waals surface area (Å²) in [6.45, 7) is 1.93.